The highest BCUT2D eigenvalue weighted by Gasteiger charge is 2.21. The van der Waals surface area contributed by atoms with Crippen molar-refractivity contribution in [3.05, 3.63) is 34.3 Å². The van der Waals surface area contributed by atoms with Gasteiger partial charge in [-0.25, -0.2) is 0 Å². The average Bonchev–Trinajstić information content (AvgIpc) is 2.20. The summed E-state index contributed by atoms with van der Waals surface area (Å²) >= 11 is 3.38. The first-order valence-electron chi connectivity index (χ1n) is 5.83. The van der Waals surface area contributed by atoms with Gasteiger partial charge >= 0.3 is 0 Å². The summed E-state index contributed by atoms with van der Waals surface area (Å²) < 4.78 is 1.03. The van der Waals surface area contributed by atoms with Crippen molar-refractivity contribution in [3.8, 4) is 0 Å². The predicted octanol–water partition coefficient (Wildman–Crippen LogP) is 3.54. The summed E-state index contributed by atoms with van der Waals surface area (Å²) in [6.45, 7) is 8.41. The van der Waals surface area contributed by atoms with E-state index in [1.807, 2.05) is 31.2 Å². The number of benzene rings is 1. The fourth-order valence-corrected chi connectivity index (χ4v) is 1.56. The quantitative estimate of drug-likeness (QED) is 0.908. The molecule has 0 heterocycles. The summed E-state index contributed by atoms with van der Waals surface area (Å²) in [7, 11) is 0. The summed E-state index contributed by atoms with van der Waals surface area (Å²) in [5, 5.41) is 3.03. The van der Waals surface area contributed by atoms with E-state index in [9.17, 15) is 4.79 Å². The topological polar surface area (TPSA) is 29.1 Å². The van der Waals surface area contributed by atoms with Crippen LogP contribution in [0.1, 0.15) is 33.3 Å². The smallest absolute Gasteiger partial charge is 0.224 e. The Morgan fingerprint density at radius 1 is 1.29 bits per heavy atom. The van der Waals surface area contributed by atoms with Gasteiger partial charge in [-0.2, -0.15) is 0 Å². The van der Waals surface area contributed by atoms with Gasteiger partial charge in [-0.3, -0.25) is 4.79 Å². The maximum absolute atomic E-state index is 11.8. The molecule has 0 fully saturated rings. The van der Waals surface area contributed by atoms with Gasteiger partial charge in [0.15, 0.2) is 0 Å². The Balaban J connectivity index is 2.53. The first kappa shape index (κ1) is 14.2. The van der Waals surface area contributed by atoms with Crippen molar-refractivity contribution >= 4 is 21.8 Å². The number of rotatable bonds is 3. The van der Waals surface area contributed by atoms with Crippen LogP contribution in [0.15, 0.2) is 28.7 Å². The van der Waals surface area contributed by atoms with Gasteiger partial charge in [0.25, 0.3) is 0 Å². The summed E-state index contributed by atoms with van der Waals surface area (Å²) in [6.07, 6.45) is 0.438. The molecule has 0 spiro atoms. The first-order chi connectivity index (χ1) is 7.79. The van der Waals surface area contributed by atoms with Gasteiger partial charge in [0.1, 0.15) is 0 Å². The molecule has 1 aromatic rings. The molecule has 0 saturated carbocycles. The predicted molar refractivity (Wildman–Crippen MR) is 74.9 cm³/mol. The van der Waals surface area contributed by atoms with Crippen LogP contribution in [-0.2, 0) is 11.2 Å². The van der Waals surface area contributed by atoms with E-state index < -0.39 is 0 Å². The van der Waals surface area contributed by atoms with Crippen LogP contribution in [0, 0.1) is 5.41 Å². The fourth-order valence-electron chi connectivity index (χ4n) is 1.30. The van der Waals surface area contributed by atoms with Crippen LogP contribution in [0.2, 0.25) is 0 Å². The van der Waals surface area contributed by atoms with Crippen LogP contribution in [0.25, 0.3) is 0 Å². The molecule has 17 heavy (non-hydrogen) atoms. The zero-order valence-corrected chi connectivity index (χ0v) is 12.5. The highest BCUT2D eigenvalue weighted by Crippen LogP contribution is 2.18. The van der Waals surface area contributed by atoms with Gasteiger partial charge in [-0.15, -0.1) is 0 Å². The Morgan fingerprint density at radius 3 is 2.29 bits per heavy atom. The minimum absolute atomic E-state index is 0.0785. The number of hydrogen-bond acceptors (Lipinski definition) is 1. The Kier molecular flexibility index (Phi) is 4.75. The normalized spacial score (nSPS) is 13.2. The molecule has 1 rings (SSSR count). The van der Waals surface area contributed by atoms with E-state index in [0.717, 1.165) is 10.0 Å². The van der Waals surface area contributed by atoms with E-state index in [2.05, 4.69) is 42.0 Å². The molecule has 1 atom stereocenters. The molecule has 1 N–H and O–H groups in total. The van der Waals surface area contributed by atoms with Gasteiger partial charge in [0, 0.05) is 10.5 Å². The zero-order valence-electron chi connectivity index (χ0n) is 10.9. The molecular formula is C14H20BrNO. The molecule has 2 nitrogen and oxygen atoms in total. The first-order valence-corrected chi connectivity index (χ1v) is 6.62. The van der Waals surface area contributed by atoms with Crippen LogP contribution in [0.3, 0.4) is 0 Å². The van der Waals surface area contributed by atoms with Gasteiger partial charge in [0.2, 0.25) is 5.91 Å². The number of hydrogen-bond donors (Lipinski definition) is 1. The van der Waals surface area contributed by atoms with Crippen molar-refractivity contribution in [2.75, 3.05) is 0 Å². The van der Waals surface area contributed by atoms with Gasteiger partial charge < -0.3 is 5.32 Å². The molecule has 0 aliphatic rings. The van der Waals surface area contributed by atoms with Gasteiger partial charge in [-0.05, 0) is 30.0 Å². The number of halogens is 1. The average molecular weight is 298 g/mol. The number of amides is 1. The van der Waals surface area contributed by atoms with E-state index in [0.29, 0.717) is 6.42 Å². The third-order valence-corrected chi connectivity index (χ3v) is 3.48. The summed E-state index contributed by atoms with van der Waals surface area (Å²) in [5.41, 5.74) is 1.13. The second-order valence-electron chi connectivity index (χ2n) is 5.46. The van der Waals surface area contributed by atoms with Gasteiger partial charge in [-0.1, -0.05) is 48.8 Å². The number of carbonyl (C=O) groups excluding carboxylic acids is 1. The lowest BCUT2D eigenvalue weighted by molar-refractivity contribution is -0.121. The number of nitrogens with one attached hydrogen (secondary N) is 1. The van der Waals surface area contributed by atoms with Crippen molar-refractivity contribution in [1.82, 2.24) is 5.32 Å². The molecule has 0 bridgehead atoms. The van der Waals surface area contributed by atoms with Crippen LogP contribution in [-0.4, -0.2) is 11.9 Å². The highest BCUT2D eigenvalue weighted by molar-refractivity contribution is 9.10. The minimum atomic E-state index is 0.0785. The van der Waals surface area contributed by atoms with E-state index >= 15 is 0 Å². The van der Waals surface area contributed by atoms with Crippen molar-refractivity contribution in [2.45, 2.75) is 40.2 Å². The molecule has 0 aromatic heterocycles. The van der Waals surface area contributed by atoms with E-state index in [4.69, 9.17) is 0 Å². The largest absolute Gasteiger partial charge is 0.353 e. The van der Waals surface area contributed by atoms with Gasteiger partial charge in [0.05, 0.1) is 6.42 Å². The number of carbonyl (C=O) groups is 1. The van der Waals surface area contributed by atoms with Crippen molar-refractivity contribution in [1.29, 1.82) is 0 Å². The highest BCUT2D eigenvalue weighted by atomic mass is 79.9. The molecular weight excluding hydrogens is 278 g/mol. The summed E-state index contributed by atoms with van der Waals surface area (Å²) in [6, 6.07) is 8.01. The molecule has 0 saturated heterocycles. The fraction of sp³-hybridized carbons (Fsp3) is 0.500. The molecule has 0 aliphatic carbocycles. The molecule has 94 valence electrons. The Bertz CT molecular complexity index is 378. The lowest BCUT2D eigenvalue weighted by Crippen LogP contribution is -2.42. The lowest BCUT2D eigenvalue weighted by Gasteiger charge is -2.28. The molecule has 0 aliphatic heterocycles. The summed E-state index contributed by atoms with van der Waals surface area (Å²) in [4.78, 5) is 11.8. The summed E-state index contributed by atoms with van der Waals surface area (Å²) in [5.74, 6) is 0.0785. The monoisotopic (exact) mass is 297 g/mol. The third kappa shape index (κ3) is 4.90. The SMILES string of the molecule is CC(NC(=O)Cc1ccc(Br)cc1)C(C)(C)C. The Morgan fingerprint density at radius 2 is 1.82 bits per heavy atom. The molecule has 3 heteroatoms. The third-order valence-electron chi connectivity index (χ3n) is 2.95. The molecule has 1 aromatic carbocycles. The Hall–Kier alpha value is -0.830. The maximum Gasteiger partial charge on any atom is 0.224 e. The second-order valence-corrected chi connectivity index (χ2v) is 6.37. The van der Waals surface area contributed by atoms with E-state index in [1.165, 1.54) is 0 Å². The maximum atomic E-state index is 11.8. The van der Waals surface area contributed by atoms with Crippen molar-refractivity contribution < 1.29 is 4.79 Å². The zero-order chi connectivity index (χ0) is 13.1. The van der Waals surface area contributed by atoms with Crippen LogP contribution in [0.4, 0.5) is 0 Å². The minimum Gasteiger partial charge on any atom is -0.353 e. The lowest BCUT2D eigenvalue weighted by atomic mass is 9.88. The molecule has 0 radical (unpaired) electrons. The van der Waals surface area contributed by atoms with Crippen molar-refractivity contribution in [3.63, 3.8) is 0 Å². The molecule has 1 amide bonds. The van der Waals surface area contributed by atoms with Crippen LogP contribution >= 0.6 is 15.9 Å². The van der Waals surface area contributed by atoms with E-state index in [-0.39, 0.29) is 17.4 Å². The second kappa shape index (κ2) is 5.67. The molecule has 1 unspecified atom stereocenters. The van der Waals surface area contributed by atoms with Crippen LogP contribution < -0.4 is 5.32 Å². The van der Waals surface area contributed by atoms with E-state index in [1.54, 1.807) is 0 Å². The van der Waals surface area contributed by atoms with Crippen LogP contribution in [0.5, 0.6) is 0 Å². The Labute approximate surface area is 112 Å². The standard InChI is InChI=1S/C14H20BrNO/c1-10(14(2,3)4)16-13(17)9-11-5-7-12(15)8-6-11/h5-8,10H,9H2,1-4H3,(H,16,17). The van der Waals surface area contributed by atoms with Crippen molar-refractivity contribution in [2.24, 2.45) is 5.41 Å².